The first kappa shape index (κ1) is 16.6. The van der Waals surface area contributed by atoms with Gasteiger partial charge in [-0.05, 0) is 55.7 Å². The third-order valence-corrected chi connectivity index (χ3v) is 4.33. The second-order valence-electron chi connectivity index (χ2n) is 5.41. The number of benzene rings is 1. The molecule has 118 valence electrons. The van der Waals surface area contributed by atoms with Crippen LogP contribution in [0.2, 0.25) is 0 Å². The molecule has 1 N–H and O–H groups in total. The van der Waals surface area contributed by atoms with Gasteiger partial charge < -0.3 is 10.1 Å². The van der Waals surface area contributed by atoms with E-state index in [1.54, 1.807) is 17.8 Å². The van der Waals surface area contributed by atoms with E-state index in [0.717, 1.165) is 5.56 Å². The molecule has 5 heteroatoms. The van der Waals surface area contributed by atoms with Crippen molar-refractivity contribution < 1.29 is 14.3 Å². The maximum Gasteiger partial charge on any atom is 0.331 e. The molecule has 0 saturated heterocycles. The van der Waals surface area contributed by atoms with E-state index in [4.69, 9.17) is 4.74 Å². The Bertz CT molecular complexity index is 550. The highest BCUT2D eigenvalue weighted by molar-refractivity contribution is 7.98. The molecule has 1 fully saturated rings. The molecule has 2 rings (SSSR count). The number of carbonyl (C=O) groups excluding carboxylic acids is 2. The fraction of sp³-hybridized carbons (Fsp3) is 0.412. The Morgan fingerprint density at radius 2 is 2.05 bits per heavy atom. The predicted octanol–water partition coefficient (Wildman–Crippen LogP) is 2.88. The van der Waals surface area contributed by atoms with Crippen LogP contribution in [0.5, 0.6) is 0 Å². The van der Waals surface area contributed by atoms with Gasteiger partial charge in [-0.2, -0.15) is 0 Å². The van der Waals surface area contributed by atoms with Gasteiger partial charge in [0.15, 0.2) is 6.61 Å². The molecule has 1 aromatic rings. The van der Waals surface area contributed by atoms with E-state index in [0.29, 0.717) is 5.92 Å². The number of nitrogens with one attached hydrogen (secondary N) is 1. The van der Waals surface area contributed by atoms with Crippen molar-refractivity contribution in [1.29, 1.82) is 0 Å². The minimum Gasteiger partial charge on any atom is -0.452 e. The minimum atomic E-state index is -0.511. The zero-order chi connectivity index (χ0) is 15.9. The van der Waals surface area contributed by atoms with Crippen LogP contribution in [0, 0.1) is 5.92 Å². The first-order chi connectivity index (χ1) is 10.6. The van der Waals surface area contributed by atoms with Crippen molar-refractivity contribution in [3.8, 4) is 0 Å². The van der Waals surface area contributed by atoms with Crippen molar-refractivity contribution in [3.63, 3.8) is 0 Å². The Kier molecular flexibility index (Phi) is 6.07. The molecule has 1 saturated carbocycles. The zero-order valence-corrected chi connectivity index (χ0v) is 13.7. The summed E-state index contributed by atoms with van der Waals surface area (Å²) >= 11 is 1.66. The van der Waals surface area contributed by atoms with Gasteiger partial charge in [0.1, 0.15) is 0 Å². The maximum absolute atomic E-state index is 11.6. The lowest BCUT2D eigenvalue weighted by Gasteiger charge is -2.12. The van der Waals surface area contributed by atoms with Gasteiger partial charge >= 0.3 is 5.97 Å². The van der Waals surface area contributed by atoms with Gasteiger partial charge in [-0.15, -0.1) is 11.8 Å². The largest absolute Gasteiger partial charge is 0.452 e. The number of thioether (sulfide) groups is 1. The fourth-order valence-electron chi connectivity index (χ4n) is 2.07. The topological polar surface area (TPSA) is 55.4 Å². The van der Waals surface area contributed by atoms with E-state index >= 15 is 0 Å². The minimum absolute atomic E-state index is 0.164. The standard InChI is InChI=1S/C17H21NO3S/c1-12(14-6-7-14)18-16(19)11-21-17(20)10-5-13-3-8-15(22-2)9-4-13/h3-5,8-10,12,14H,6-7,11H2,1-2H3,(H,18,19)/b10-5+/t12-/m1/s1. The van der Waals surface area contributed by atoms with Gasteiger partial charge in [-0.3, -0.25) is 4.79 Å². The van der Waals surface area contributed by atoms with Crippen LogP contribution in [-0.2, 0) is 14.3 Å². The maximum atomic E-state index is 11.6. The summed E-state index contributed by atoms with van der Waals surface area (Å²) in [7, 11) is 0. The molecule has 0 aromatic heterocycles. The SMILES string of the molecule is CSc1ccc(/C=C/C(=O)OCC(=O)N[C@H](C)C2CC2)cc1. The van der Waals surface area contributed by atoms with Gasteiger partial charge in [0, 0.05) is 17.0 Å². The number of esters is 1. The van der Waals surface area contributed by atoms with Crippen LogP contribution in [0.25, 0.3) is 6.08 Å². The summed E-state index contributed by atoms with van der Waals surface area (Å²) in [6.07, 6.45) is 7.36. The monoisotopic (exact) mass is 319 g/mol. The normalized spacial score (nSPS) is 15.5. The third kappa shape index (κ3) is 5.56. The Morgan fingerprint density at radius 3 is 2.64 bits per heavy atom. The van der Waals surface area contributed by atoms with Crippen molar-refractivity contribution >= 4 is 29.7 Å². The summed E-state index contributed by atoms with van der Waals surface area (Å²) < 4.78 is 4.93. The van der Waals surface area contributed by atoms with E-state index in [1.807, 2.05) is 37.4 Å². The summed E-state index contributed by atoms with van der Waals surface area (Å²) in [4.78, 5) is 24.4. The summed E-state index contributed by atoms with van der Waals surface area (Å²) in [6, 6.07) is 8.00. The fourth-order valence-corrected chi connectivity index (χ4v) is 2.48. The molecular formula is C17H21NO3S. The summed E-state index contributed by atoms with van der Waals surface area (Å²) in [5, 5.41) is 2.84. The van der Waals surface area contributed by atoms with Crippen molar-refractivity contribution in [2.45, 2.75) is 30.7 Å². The van der Waals surface area contributed by atoms with Crippen molar-refractivity contribution in [3.05, 3.63) is 35.9 Å². The number of amides is 1. The molecule has 22 heavy (non-hydrogen) atoms. The van der Waals surface area contributed by atoms with Crippen LogP contribution in [0.1, 0.15) is 25.3 Å². The Balaban J connectivity index is 1.71. The van der Waals surface area contributed by atoms with Crippen molar-refractivity contribution in [2.24, 2.45) is 5.92 Å². The van der Waals surface area contributed by atoms with Gasteiger partial charge in [-0.1, -0.05) is 12.1 Å². The zero-order valence-electron chi connectivity index (χ0n) is 12.9. The Morgan fingerprint density at radius 1 is 1.36 bits per heavy atom. The summed E-state index contributed by atoms with van der Waals surface area (Å²) in [5.74, 6) is -0.169. The number of hydrogen-bond acceptors (Lipinski definition) is 4. The molecule has 4 nitrogen and oxygen atoms in total. The van der Waals surface area contributed by atoms with E-state index < -0.39 is 5.97 Å². The quantitative estimate of drug-likeness (QED) is 0.477. The van der Waals surface area contributed by atoms with Crippen LogP contribution in [0.15, 0.2) is 35.2 Å². The number of rotatable bonds is 7. The second-order valence-corrected chi connectivity index (χ2v) is 6.29. The van der Waals surface area contributed by atoms with Crippen LogP contribution < -0.4 is 5.32 Å². The lowest BCUT2D eigenvalue weighted by atomic mass is 10.2. The van der Waals surface area contributed by atoms with E-state index in [1.165, 1.54) is 23.8 Å². The third-order valence-electron chi connectivity index (χ3n) is 3.59. The average molecular weight is 319 g/mol. The average Bonchev–Trinajstić information content (AvgIpc) is 3.36. The van der Waals surface area contributed by atoms with Gasteiger partial charge in [0.2, 0.25) is 0 Å². The molecule has 0 heterocycles. The second kappa shape index (κ2) is 8.03. The van der Waals surface area contributed by atoms with Crippen molar-refractivity contribution in [1.82, 2.24) is 5.32 Å². The molecule has 1 aromatic carbocycles. The van der Waals surface area contributed by atoms with E-state index in [2.05, 4.69) is 5.32 Å². The van der Waals surface area contributed by atoms with E-state index in [-0.39, 0.29) is 18.6 Å². The lowest BCUT2D eigenvalue weighted by Crippen LogP contribution is -2.36. The van der Waals surface area contributed by atoms with E-state index in [9.17, 15) is 9.59 Å². The predicted molar refractivity (Wildman–Crippen MR) is 88.5 cm³/mol. The molecule has 0 unspecified atom stereocenters. The smallest absolute Gasteiger partial charge is 0.331 e. The van der Waals surface area contributed by atoms with Gasteiger partial charge in [-0.25, -0.2) is 4.79 Å². The van der Waals surface area contributed by atoms with Gasteiger partial charge in [0.25, 0.3) is 5.91 Å². The molecule has 1 amide bonds. The molecule has 0 spiro atoms. The molecule has 1 aliphatic rings. The summed E-state index contributed by atoms with van der Waals surface area (Å²) in [6.45, 7) is 1.75. The van der Waals surface area contributed by atoms with Crippen molar-refractivity contribution in [2.75, 3.05) is 12.9 Å². The van der Waals surface area contributed by atoms with Crippen LogP contribution >= 0.6 is 11.8 Å². The molecule has 0 radical (unpaired) electrons. The number of carbonyl (C=O) groups is 2. The first-order valence-electron chi connectivity index (χ1n) is 7.36. The molecular weight excluding hydrogens is 298 g/mol. The highest BCUT2D eigenvalue weighted by atomic mass is 32.2. The molecule has 0 bridgehead atoms. The lowest BCUT2D eigenvalue weighted by molar-refractivity contribution is -0.144. The molecule has 1 atom stereocenters. The Hall–Kier alpha value is -1.75. The first-order valence-corrected chi connectivity index (χ1v) is 8.59. The highest BCUT2D eigenvalue weighted by Gasteiger charge is 2.28. The highest BCUT2D eigenvalue weighted by Crippen LogP contribution is 2.32. The number of ether oxygens (including phenoxy) is 1. The summed E-state index contributed by atoms with van der Waals surface area (Å²) in [5.41, 5.74) is 0.918. The van der Waals surface area contributed by atoms with Crippen LogP contribution in [0.3, 0.4) is 0 Å². The van der Waals surface area contributed by atoms with Gasteiger partial charge in [0.05, 0.1) is 0 Å². The molecule has 1 aliphatic carbocycles. The van der Waals surface area contributed by atoms with Crippen LogP contribution in [0.4, 0.5) is 0 Å². The number of hydrogen-bond donors (Lipinski definition) is 1. The Labute approximate surface area is 135 Å². The molecule has 0 aliphatic heterocycles. The van der Waals surface area contributed by atoms with Crippen LogP contribution in [-0.4, -0.2) is 30.8 Å².